The summed E-state index contributed by atoms with van der Waals surface area (Å²) in [5.41, 5.74) is 2.11. The molecule has 0 atom stereocenters. The lowest BCUT2D eigenvalue weighted by molar-refractivity contribution is 0.122. The van der Waals surface area contributed by atoms with E-state index in [1.54, 1.807) is 24.3 Å². The molecule has 0 unspecified atom stereocenters. The van der Waals surface area contributed by atoms with Crippen molar-refractivity contribution in [3.8, 4) is 11.3 Å². The van der Waals surface area contributed by atoms with Crippen LogP contribution in [0.4, 0.5) is 11.5 Å². The van der Waals surface area contributed by atoms with Gasteiger partial charge in [0.05, 0.1) is 18.9 Å². The highest BCUT2D eigenvalue weighted by Crippen LogP contribution is 2.25. The van der Waals surface area contributed by atoms with Gasteiger partial charge in [0.25, 0.3) is 10.0 Å². The number of nitrogens with zero attached hydrogens (tertiary/aromatic N) is 3. The minimum atomic E-state index is -3.56. The number of rotatable bonds is 5. The zero-order valence-electron chi connectivity index (χ0n) is 15.3. The van der Waals surface area contributed by atoms with Crippen molar-refractivity contribution in [1.29, 1.82) is 0 Å². The Balaban J connectivity index is 1.47. The molecule has 3 aromatic rings. The van der Waals surface area contributed by atoms with Crippen molar-refractivity contribution in [2.75, 3.05) is 35.9 Å². The molecule has 146 valence electrons. The summed E-state index contributed by atoms with van der Waals surface area (Å²) >= 11 is 1.25. The van der Waals surface area contributed by atoms with Crippen LogP contribution in [0.3, 0.4) is 0 Å². The standard InChI is InChI=1S/C19H20N4O3S2/c1-14-2-9-19(27-14)28(24,25)22-16-5-3-15(4-6-16)17-7-8-18(21-20-17)23-10-12-26-13-11-23/h2-9,22H,10-13H2,1H3. The molecule has 1 N–H and O–H groups in total. The fourth-order valence-electron chi connectivity index (χ4n) is 2.91. The Bertz CT molecular complexity index is 1040. The number of morpholine rings is 1. The lowest BCUT2D eigenvalue weighted by atomic mass is 10.1. The lowest BCUT2D eigenvalue weighted by Gasteiger charge is -2.27. The second-order valence-electron chi connectivity index (χ2n) is 6.42. The van der Waals surface area contributed by atoms with Gasteiger partial charge in [-0.1, -0.05) is 12.1 Å². The van der Waals surface area contributed by atoms with Gasteiger partial charge in [-0.25, -0.2) is 8.42 Å². The van der Waals surface area contributed by atoms with E-state index < -0.39 is 10.0 Å². The van der Waals surface area contributed by atoms with Crippen LogP contribution in [-0.4, -0.2) is 44.9 Å². The number of nitrogens with one attached hydrogen (secondary N) is 1. The molecule has 0 radical (unpaired) electrons. The third-order valence-corrected chi connectivity index (χ3v) is 7.27. The summed E-state index contributed by atoms with van der Waals surface area (Å²) in [6, 6.07) is 14.4. The third-order valence-electron chi connectivity index (χ3n) is 4.40. The monoisotopic (exact) mass is 416 g/mol. The van der Waals surface area contributed by atoms with Crippen molar-refractivity contribution >= 4 is 32.9 Å². The van der Waals surface area contributed by atoms with E-state index in [1.807, 2.05) is 31.2 Å². The number of benzene rings is 1. The predicted octanol–water partition coefficient (Wildman–Crippen LogP) is 3.15. The molecule has 1 aliphatic rings. The van der Waals surface area contributed by atoms with Gasteiger partial charge in [0.2, 0.25) is 0 Å². The summed E-state index contributed by atoms with van der Waals surface area (Å²) in [7, 11) is -3.56. The topological polar surface area (TPSA) is 84.4 Å². The maximum absolute atomic E-state index is 12.4. The van der Waals surface area contributed by atoms with E-state index in [0.29, 0.717) is 23.1 Å². The quantitative estimate of drug-likeness (QED) is 0.688. The number of ether oxygens (including phenoxy) is 1. The normalized spacial score (nSPS) is 14.8. The van der Waals surface area contributed by atoms with Crippen LogP contribution in [0, 0.1) is 6.92 Å². The first-order valence-electron chi connectivity index (χ1n) is 8.87. The zero-order chi connectivity index (χ0) is 19.6. The van der Waals surface area contributed by atoms with E-state index in [9.17, 15) is 8.42 Å². The first-order valence-corrected chi connectivity index (χ1v) is 11.2. The highest BCUT2D eigenvalue weighted by atomic mass is 32.2. The molecule has 0 bridgehead atoms. The second kappa shape index (κ2) is 7.86. The molecule has 9 heteroatoms. The molecule has 0 amide bonds. The summed E-state index contributed by atoms with van der Waals surface area (Å²) in [6.45, 7) is 4.90. The number of thiophene rings is 1. The van der Waals surface area contributed by atoms with Crippen molar-refractivity contribution < 1.29 is 13.2 Å². The van der Waals surface area contributed by atoms with E-state index in [2.05, 4.69) is 19.8 Å². The molecule has 28 heavy (non-hydrogen) atoms. The fourth-order valence-corrected chi connectivity index (χ4v) is 5.25. The Kier molecular flexibility index (Phi) is 5.29. The van der Waals surface area contributed by atoms with Gasteiger partial charge >= 0.3 is 0 Å². The summed E-state index contributed by atoms with van der Waals surface area (Å²) in [4.78, 5) is 3.10. The molecule has 0 spiro atoms. The molecule has 1 saturated heterocycles. The van der Waals surface area contributed by atoms with Crippen LogP contribution >= 0.6 is 11.3 Å². The van der Waals surface area contributed by atoms with Crippen molar-refractivity contribution in [2.24, 2.45) is 0 Å². The Hall–Kier alpha value is -2.49. The molecule has 2 aromatic heterocycles. The lowest BCUT2D eigenvalue weighted by Crippen LogP contribution is -2.36. The van der Waals surface area contributed by atoms with E-state index in [1.165, 1.54) is 11.3 Å². The minimum absolute atomic E-state index is 0.304. The average Bonchev–Trinajstić information content (AvgIpc) is 3.17. The Morgan fingerprint density at radius 1 is 1.00 bits per heavy atom. The first-order chi connectivity index (χ1) is 13.5. The smallest absolute Gasteiger partial charge is 0.271 e. The van der Waals surface area contributed by atoms with Crippen LogP contribution in [0.15, 0.2) is 52.7 Å². The number of aromatic nitrogens is 2. The highest BCUT2D eigenvalue weighted by Gasteiger charge is 2.16. The molecule has 7 nitrogen and oxygen atoms in total. The van der Waals surface area contributed by atoms with Crippen LogP contribution in [0.1, 0.15) is 4.88 Å². The van der Waals surface area contributed by atoms with Gasteiger partial charge in [-0.15, -0.1) is 21.5 Å². The Morgan fingerprint density at radius 3 is 2.36 bits per heavy atom. The summed E-state index contributed by atoms with van der Waals surface area (Å²) in [5.74, 6) is 0.836. The van der Waals surface area contributed by atoms with Crippen LogP contribution in [0.2, 0.25) is 0 Å². The van der Waals surface area contributed by atoms with Crippen molar-refractivity contribution in [3.63, 3.8) is 0 Å². The van der Waals surface area contributed by atoms with Crippen LogP contribution < -0.4 is 9.62 Å². The molecule has 0 aliphatic carbocycles. The van der Waals surface area contributed by atoms with Crippen molar-refractivity contribution in [3.05, 3.63) is 53.4 Å². The minimum Gasteiger partial charge on any atom is -0.378 e. The molecule has 1 fully saturated rings. The van der Waals surface area contributed by atoms with Crippen LogP contribution in [0.25, 0.3) is 11.3 Å². The molecule has 1 aliphatic heterocycles. The molecule has 0 saturated carbocycles. The Labute approximate surface area is 168 Å². The van der Waals surface area contributed by atoms with Gasteiger partial charge in [-0.2, -0.15) is 0 Å². The molecule has 4 rings (SSSR count). The van der Waals surface area contributed by atoms with E-state index in [-0.39, 0.29) is 0 Å². The highest BCUT2D eigenvalue weighted by molar-refractivity contribution is 7.94. The number of hydrogen-bond acceptors (Lipinski definition) is 7. The predicted molar refractivity (Wildman–Crippen MR) is 110 cm³/mol. The maximum Gasteiger partial charge on any atom is 0.271 e. The van der Waals surface area contributed by atoms with Gasteiger partial charge in [0, 0.05) is 29.2 Å². The fraction of sp³-hybridized carbons (Fsp3) is 0.263. The van der Waals surface area contributed by atoms with Crippen molar-refractivity contribution in [1.82, 2.24) is 10.2 Å². The largest absolute Gasteiger partial charge is 0.378 e. The maximum atomic E-state index is 12.4. The third kappa shape index (κ3) is 4.16. The average molecular weight is 417 g/mol. The number of anilines is 2. The first kappa shape index (κ1) is 18.9. The Morgan fingerprint density at radius 2 is 1.75 bits per heavy atom. The van der Waals surface area contributed by atoms with Gasteiger partial charge < -0.3 is 9.64 Å². The van der Waals surface area contributed by atoms with Gasteiger partial charge in [-0.3, -0.25) is 4.72 Å². The number of sulfonamides is 1. The van der Waals surface area contributed by atoms with Crippen molar-refractivity contribution in [2.45, 2.75) is 11.1 Å². The second-order valence-corrected chi connectivity index (χ2v) is 9.62. The summed E-state index contributed by atoms with van der Waals surface area (Å²) < 4.78 is 33.1. The number of hydrogen-bond donors (Lipinski definition) is 1. The van der Waals surface area contributed by atoms with Gasteiger partial charge in [0.1, 0.15) is 4.21 Å². The molecular weight excluding hydrogens is 396 g/mol. The van der Waals surface area contributed by atoms with Gasteiger partial charge in [-0.05, 0) is 43.3 Å². The number of aryl methyl sites for hydroxylation is 1. The molecule has 3 heterocycles. The van der Waals surface area contributed by atoms with Gasteiger partial charge in [0.15, 0.2) is 5.82 Å². The van der Waals surface area contributed by atoms with E-state index in [4.69, 9.17) is 4.74 Å². The van der Waals surface area contributed by atoms with E-state index in [0.717, 1.165) is 35.0 Å². The SMILES string of the molecule is Cc1ccc(S(=O)(=O)Nc2ccc(-c3ccc(N4CCOCC4)nn3)cc2)s1. The molecular formula is C19H20N4O3S2. The van der Waals surface area contributed by atoms with E-state index >= 15 is 0 Å². The summed E-state index contributed by atoms with van der Waals surface area (Å²) in [5, 5.41) is 8.62. The zero-order valence-corrected chi connectivity index (χ0v) is 17.0. The van der Waals surface area contributed by atoms with Crippen LogP contribution in [-0.2, 0) is 14.8 Å². The van der Waals surface area contributed by atoms with Crippen LogP contribution in [0.5, 0.6) is 0 Å². The summed E-state index contributed by atoms with van der Waals surface area (Å²) in [6.07, 6.45) is 0. The molecule has 1 aromatic carbocycles.